The maximum atomic E-state index is 12.2. The summed E-state index contributed by atoms with van der Waals surface area (Å²) in [6.45, 7) is 6.03. The molecule has 1 N–H and O–H groups in total. The topological polar surface area (TPSA) is 67.9 Å². The number of hydrogen-bond donors (Lipinski definition) is 1. The Morgan fingerprint density at radius 2 is 1.88 bits per heavy atom. The van der Waals surface area contributed by atoms with Crippen molar-refractivity contribution in [2.75, 3.05) is 33.4 Å². The zero-order valence-electron chi connectivity index (χ0n) is 10.6. The fourth-order valence-electron chi connectivity index (χ4n) is 1.68. The van der Waals surface area contributed by atoms with Crippen LogP contribution < -0.4 is 5.32 Å². The van der Waals surface area contributed by atoms with Crippen LogP contribution in [0.25, 0.3) is 0 Å². The van der Waals surface area contributed by atoms with Crippen molar-refractivity contribution in [2.45, 2.75) is 19.9 Å². The SMILES string of the molecule is COC(=O)NC(C(=O)N1CCOCC1)C(C)C. The molecule has 98 valence electrons. The number of methoxy groups -OCH3 is 1. The highest BCUT2D eigenvalue weighted by molar-refractivity contribution is 5.86. The maximum Gasteiger partial charge on any atom is 0.407 e. The Labute approximate surface area is 101 Å². The molecule has 0 spiro atoms. The van der Waals surface area contributed by atoms with E-state index < -0.39 is 12.1 Å². The largest absolute Gasteiger partial charge is 0.453 e. The van der Waals surface area contributed by atoms with Gasteiger partial charge in [0, 0.05) is 13.1 Å². The zero-order chi connectivity index (χ0) is 12.8. The maximum absolute atomic E-state index is 12.2. The second-order valence-electron chi connectivity index (χ2n) is 4.30. The molecule has 0 aromatic carbocycles. The van der Waals surface area contributed by atoms with E-state index in [-0.39, 0.29) is 11.8 Å². The third kappa shape index (κ3) is 3.89. The van der Waals surface area contributed by atoms with E-state index in [4.69, 9.17) is 4.74 Å². The van der Waals surface area contributed by atoms with Gasteiger partial charge in [0.05, 0.1) is 20.3 Å². The molecule has 1 heterocycles. The van der Waals surface area contributed by atoms with Gasteiger partial charge in [-0.2, -0.15) is 0 Å². The molecule has 17 heavy (non-hydrogen) atoms. The van der Waals surface area contributed by atoms with E-state index in [1.54, 1.807) is 4.90 Å². The van der Waals surface area contributed by atoms with Gasteiger partial charge in [-0.25, -0.2) is 4.79 Å². The van der Waals surface area contributed by atoms with Gasteiger partial charge in [0.25, 0.3) is 0 Å². The van der Waals surface area contributed by atoms with Crippen LogP contribution in [0.5, 0.6) is 0 Å². The van der Waals surface area contributed by atoms with Crippen LogP contribution in [0.15, 0.2) is 0 Å². The highest BCUT2D eigenvalue weighted by Gasteiger charge is 2.29. The number of carbonyl (C=O) groups is 2. The molecule has 2 amide bonds. The third-order valence-corrected chi connectivity index (χ3v) is 2.71. The molecule has 1 saturated heterocycles. The number of nitrogens with one attached hydrogen (secondary N) is 1. The smallest absolute Gasteiger partial charge is 0.407 e. The molecule has 0 aliphatic carbocycles. The molecular weight excluding hydrogens is 224 g/mol. The number of nitrogens with zero attached hydrogens (tertiary/aromatic N) is 1. The first-order chi connectivity index (χ1) is 8.06. The Balaban J connectivity index is 2.62. The minimum absolute atomic E-state index is 0.0180. The number of hydrogen-bond acceptors (Lipinski definition) is 4. The summed E-state index contributed by atoms with van der Waals surface area (Å²) in [7, 11) is 1.28. The first-order valence-electron chi connectivity index (χ1n) is 5.77. The van der Waals surface area contributed by atoms with Gasteiger partial charge >= 0.3 is 6.09 Å². The molecule has 6 heteroatoms. The van der Waals surface area contributed by atoms with Crippen LogP contribution in [0.2, 0.25) is 0 Å². The van der Waals surface area contributed by atoms with E-state index in [1.165, 1.54) is 7.11 Å². The molecule has 0 radical (unpaired) electrons. The first-order valence-corrected chi connectivity index (χ1v) is 5.77. The van der Waals surface area contributed by atoms with E-state index in [1.807, 2.05) is 13.8 Å². The van der Waals surface area contributed by atoms with Gasteiger partial charge in [-0.05, 0) is 5.92 Å². The van der Waals surface area contributed by atoms with E-state index in [2.05, 4.69) is 10.1 Å². The lowest BCUT2D eigenvalue weighted by molar-refractivity contribution is -0.138. The standard InChI is InChI=1S/C11H20N2O4/c1-8(2)9(12-11(15)16-3)10(14)13-4-6-17-7-5-13/h8-9H,4-7H2,1-3H3,(H,12,15). The second-order valence-corrected chi connectivity index (χ2v) is 4.30. The molecule has 1 unspecified atom stereocenters. The predicted molar refractivity (Wildman–Crippen MR) is 61.6 cm³/mol. The average molecular weight is 244 g/mol. The summed E-state index contributed by atoms with van der Waals surface area (Å²) in [4.78, 5) is 25.1. The van der Waals surface area contributed by atoms with Crippen LogP contribution >= 0.6 is 0 Å². The van der Waals surface area contributed by atoms with Gasteiger partial charge in [0.15, 0.2) is 0 Å². The summed E-state index contributed by atoms with van der Waals surface area (Å²) in [5.74, 6) is -0.0573. The highest BCUT2D eigenvalue weighted by atomic mass is 16.5. The average Bonchev–Trinajstić information content (AvgIpc) is 2.35. The minimum atomic E-state index is -0.578. The zero-order valence-corrected chi connectivity index (χ0v) is 10.6. The van der Waals surface area contributed by atoms with Gasteiger partial charge in [0.1, 0.15) is 6.04 Å². The molecule has 1 aliphatic heterocycles. The Kier molecular flexibility index (Phi) is 5.21. The Bertz CT molecular complexity index is 275. The second kappa shape index (κ2) is 6.44. The summed E-state index contributed by atoms with van der Waals surface area (Å²) < 4.78 is 9.71. The van der Waals surface area contributed by atoms with Gasteiger partial charge in [-0.3, -0.25) is 4.79 Å². The molecule has 6 nitrogen and oxygen atoms in total. The third-order valence-electron chi connectivity index (χ3n) is 2.71. The van der Waals surface area contributed by atoms with Crippen molar-refractivity contribution in [1.29, 1.82) is 0 Å². The van der Waals surface area contributed by atoms with E-state index in [0.29, 0.717) is 26.3 Å². The quantitative estimate of drug-likeness (QED) is 0.771. The Morgan fingerprint density at radius 1 is 1.29 bits per heavy atom. The minimum Gasteiger partial charge on any atom is -0.453 e. The van der Waals surface area contributed by atoms with Crippen molar-refractivity contribution < 1.29 is 19.1 Å². The summed E-state index contributed by atoms with van der Waals surface area (Å²) >= 11 is 0. The number of alkyl carbamates (subject to hydrolysis) is 1. The summed E-state index contributed by atoms with van der Waals surface area (Å²) in [6, 6.07) is -0.541. The van der Waals surface area contributed by atoms with Gasteiger partial charge < -0.3 is 19.7 Å². The highest BCUT2D eigenvalue weighted by Crippen LogP contribution is 2.08. The Morgan fingerprint density at radius 3 is 2.35 bits per heavy atom. The summed E-state index contributed by atoms with van der Waals surface area (Å²) in [5.41, 5.74) is 0. The van der Waals surface area contributed by atoms with Gasteiger partial charge in [-0.1, -0.05) is 13.8 Å². The number of ether oxygens (including phenoxy) is 2. The van der Waals surface area contributed by atoms with Gasteiger partial charge in [-0.15, -0.1) is 0 Å². The monoisotopic (exact) mass is 244 g/mol. The molecular formula is C11H20N2O4. The van der Waals surface area contributed by atoms with Crippen LogP contribution in [0.4, 0.5) is 4.79 Å². The van der Waals surface area contributed by atoms with Gasteiger partial charge in [0.2, 0.25) is 5.91 Å². The fourth-order valence-corrected chi connectivity index (χ4v) is 1.68. The Hall–Kier alpha value is -1.30. The summed E-state index contributed by atoms with van der Waals surface area (Å²) in [6.07, 6.45) is -0.578. The van der Waals surface area contributed by atoms with Crippen LogP contribution in [0, 0.1) is 5.92 Å². The lowest BCUT2D eigenvalue weighted by Gasteiger charge is -2.31. The van der Waals surface area contributed by atoms with Crippen molar-refractivity contribution in [3.05, 3.63) is 0 Å². The number of rotatable bonds is 3. The molecule has 0 bridgehead atoms. The lowest BCUT2D eigenvalue weighted by atomic mass is 10.0. The summed E-state index contributed by atoms with van der Waals surface area (Å²) in [5, 5.41) is 2.57. The van der Waals surface area contributed by atoms with E-state index in [9.17, 15) is 9.59 Å². The van der Waals surface area contributed by atoms with E-state index in [0.717, 1.165) is 0 Å². The number of morpholine rings is 1. The molecule has 1 fully saturated rings. The van der Waals surface area contributed by atoms with Crippen molar-refractivity contribution in [2.24, 2.45) is 5.92 Å². The molecule has 1 atom stereocenters. The normalized spacial score (nSPS) is 17.8. The molecule has 0 aromatic heterocycles. The van der Waals surface area contributed by atoms with Crippen molar-refractivity contribution in [1.82, 2.24) is 10.2 Å². The predicted octanol–water partition coefficient (Wildman–Crippen LogP) is 0.226. The van der Waals surface area contributed by atoms with Crippen LogP contribution in [-0.4, -0.2) is 56.4 Å². The number of carbonyl (C=O) groups excluding carboxylic acids is 2. The van der Waals surface area contributed by atoms with Crippen LogP contribution in [0.3, 0.4) is 0 Å². The lowest BCUT2D eigenvalue weighted by Crippen LogP contribution is -2.53. The first kappa shape index (κ1) is 13.8. The van der Waals surface area contributed by atoms with Crippen LogP contribution in [0.1, 0.15) is 13.8 Å². The van der Waals surface area contributed by atoms with Crippen LogP contribution in [-0.2, 0) is 14.3 Å². The van der Waals surface area contributed by atoms with Crippen molar-refractivity contribution >= 4 is 12.0 Å². The molecule has 1 rings (SSSR count). The number of amides is 2. The molecule has 0 saturated carbocycles. The molecule has 1 aliphatic rings. The van der Waals surface area contributed by atoms with Crippen molar-refractivity contribution in [3.8, 4) is 0 Å². The van der Waals surface area contributed by atoms with Crippen molar-refractivity contribution in [3.63, 3.8) is 0 Å². The van der Waals surface area contributed by atoms with E-state index >= 15 is 0 Å². The molecule has 0 aromatic rings. The fraction of sp³-hybridized carbons (Fsp3) is 0.818.